The molecule has 0 aliphatic rings. The van der Waals surface area contributed by atoms with Crippen molar-refractivity contribution in [1.29, 1.82) is 0 Å². The van der Waals surface area contributed by atoms with Gasteiger partial charge in [0.05, 0.1) is 15.7 Å². The lowest BCUT2D eigenvalue weighted by Crippen LogP contribution is -2.14. The van der Waals surface area contributed by atoms with Crippen LogP contribution in [0.3, 0.4) is 0 Å². The van der Waals surface area contributed by atoms with Gasteiger partial charge < -0.3 is 5.11 Å². The van der Waals surface area contributed by atoms with Gasteiger partial charge in [0.15, 0.2) is 5.82 Å². The quantitative estimate of drug-likeness (QED) is 0.651. The normalized spacial score (nSPS) is 11.4. The zero-order valence-electron chi connectivity index (χ0n) is 10.1. The molecular weight excluding hydrogens is 347 g/mol. The van der Waals surface area contributed by atoms with Crippen molar-refractivity contribution in [3.8, 4) is 5.75 Å². The van der Waals surface area contributed by atoms with Gasteiger partial charge in [-0.2, -0.15) is 0 Å². The van der Waals surface area contributed by atoms with Crippen LogP contribution in [0.1, 0.15) is 0 Å². The van der Waals surface area contributed by atoms with Crippen LogP contribution in [-0.2, 0) is 10.0 Å². The third kappa shape index (κ3) is 3.20. The largest absolute Gasteiger partial charge is 0.506 e. The summed E-state index contributed by atoms with van der Waals surface area (Å²) in [6.07, 6.45) is 0. The molecule has 2 aromatic rings. The van der Waals surface area contributed by atoms with Crippen molar-refractivity contribution < 1.29 is 22.3 Å². The van der Waals surface area contributed by atoms with Gasteiger partial charge in [0.1, 0.15) is 16.5 Å². The minimum absolute atomic E-state index is 0.340. The lowest BCUT2D eigenvalue weighted by molar-refractivity contribution is 0.475. The Morgan fingerprint density at radius 2 is 1.76 bits per heavy atom. The van der Waals surface area contributed by atoms with Crippen molar-refractivity contribution in [2.24, 2.45) is 0 Å². The monoisotopic (exact) mass is 353 g/mol. The lowest BCUT2D eigenvalue weighted by Gasteiger charge is -2.11. The standard InChI is InChI=1S/C12H7Cl2F2NO3S/c13-7-2-4-10(11(14)12(7)16)21(19,20)17-8-5-6(15)1-3-9(8)18/h1-5,17-18H. The SMILES string of the molecule is O=S(=O)(Nc1cc(F)ccc1O)c1ccc(Cl)c(F)c1Cl. The number of anilines is 1. The third-order valence-electron chi connectivity index (χ3n) is 2.49. The van der Waals surface area contributed by atoms with E-state index < -0.39 is 43.0 Å². The first-order chi connectivity index (χ1) is 9.72. The molecule has 0 atom stereocenters. The molecule has 0 saturated heterocycles. The van der Waals surface area contributed by atoms with Gasteiger partial charge in [-0.05, 0) is 24.3 Å². The molecule has 4 nitrogen and oxygen atoms in total. The van der Waals surface area contributed by atoms with Gasteiger partial charge in [-0.3, -0.25) is 4.72 Å². The Morgan fingerprint density at radius 1 is 1.10 bits per heavy atom. The molecule has 0 radical (unpaired) electrons. The highest BCUT2D eigenvalue weighted by atomic mass is 35.5. The number of sulfonamides is 1. The van der Waals surface area contributed by atoms with Crippen LogP contribution in [-0.4, -0.2) is 13.5 Å². The molecule has 2 N–H and O–H groups in total. The molecule has 9 heteroatoms. The molecule has 0 amide bonds. The maximum absolute atomic E-state index is 13.5. The molecule has 0 bridgehead atoms. The van der Waals surface area contributed by atoms with Crippen molar-refractivity contribution in [2.75, 3.05) is 4.72 Å². The number of hydrogen-bond acceptors (Lipinski definition) is 3. The van der Waals surface area contributed by atoms with Gasteiger partial charge >= 0.3 is 0 Å². The molecule has 0 aromatic heterocycles. The number of phenolic OH excluding ortho intramolecular Hbond substituents is 1. The Hall–Kier alpha value is -1.57. The van der Waals surface area contributed by atoms with Crippen LogP contribution in [0.2, 0.25) is 10.0 Å². The summed E-state index contributed by atoms with van der Waals surface area (Å²) in [4.78, 5) is -0.588. The van der Waals surface area contributed by atoms with E-state index in [0.717, 1.165) is 30.3 Å². The molecule has 0 unspecified atom stereocenters. The maximum atomic E-state index is 13.5. The topological polar surface area (TPSA) is 66.4 Å². The number of aromatic hydroxyl groups is 1. The smallest absolute Gasteiger partial charge is 0.263 e. The number of benzene rings is 2. The molecular formula is C12H7Cl2F2NO3S. The summed E-state index contributed by atoms with van der Waals surface area (Å²) in [6.45, 7) is 0. The zero-order chi connectivity index (χ0) is 15.8. The predicted octanol–water partition coefficient (Wildman–Crippen LogP) is 3.78. The Balaban J connectivity index is 2.49. The van der Waals surface area contributed by atoms with E-state index in [0.29, 0.717) is 0 Å². The van der Waals surface area contributed by atoms with Crippen LogP contribution in [0.25, 0.3) is 0 Å². The highest BCUT2D eigenvalue weighted by Gasteiger charge is 2.23. The second-order valence-corrected chi connectivity index (χ2v) is 6.38. The molecule has 0 spiro atoms. The van der Waals surface area contributed by atoms with Crippen molar-refractivity contribution in [1.82, 2.24) is 0 Å². The molecule has 112 valence electrons. The van der Waals surface area contributed by atoms with E-state index in [1.54, 1.807) is 0 Å². The minimum Gasteiger partial charge on any atom is -0.506 e. The van der Waals surface area contributed by atoms with Gasteiger partial charge in [0, 0.05) is 6.07 Å². The first-order valence-electron chi connectivity index (χ1n) is 5.37. The lowest BCUT2D eigenvalue weighted by atomic mass is 10.3. The van der Waals surface area contributed by atoms with Gasteiger partial charge in [-0.15, -0.1) is 0 Å². The number of rotatable bonds is 3. The van der Waals surface area contributed by atoms with Crippen LogP contribution in [0.15, 0.2) is 35.2 Å². The summed E-state index contributed by atoms with van der Waals surface area (Å²) in [5, 5.41) is 8.45. The molecule has 0 aliphatic heterocycles. The fraction of sp³-hybridized carbons (Fsp3) is 0. The van der Waals surface area contributed by atoms with Crippen molar-refractivity contribution in [2.45, 2.75) is 4.90 Å². The van der Waals surface area contributed by atoms with Crippen LogP contribution in [0.4, 0.5) is 14.5 Å². The molecule has 0 fully saturated rings. The molecule has 2 aromatic carbocycles. The maximum Gasteiger partial charge on any atom is 0.263 e. The fourth-order valence-electron chi connectivity index (χ4n) is 1.51. The zero-order valence-corrected chi connectivity index (χ0v) is 12.4. The number of nitrogens with one attached hydrogen (secondary N) is 1. The number of phenols is 1. The molecule has 0 aliphatic carbocycles. The van der Waals surface area contributed by atoms with E-state index in [4.69, 9.17) is 23.2 Å². The van der Waals surface area contributed by atoms with Gasteiger partial charge in [-0.25, -0.2) is 17.2 Å². The molecule has 2 rings (SSSR count). The predicted molar refractivity (Wildman–Crippen MR) is 75.3 cm³/mol. The summed E-state index contributed by atoms with van der Waals surface area (Å²) < 4.78 is 52.8. The summed E-state index contributed by atoms with van der Waals surface area (Å²) in [5.74, 6) is -2.35. The van der Waals surface area contributed by atoms with E-state index in [-0.39, 0.29) is 5.02 Å². The summed E-state index contributed by atoms with van der Waals surface area (Å²) in [7, 11) is -4.33. The van der Waals surface area contributed by atoms with Crippen molar-refractivity contribution in [3.05, 3.63) is 52.0 Å². The summed E-state index contributed by atoms with van der Waals surface area (Å²) in [5.41, 5.74) is -0.401. The van der Waals surface area contributed by atoms with Gasteiger partial charge in [0.2, 0.25) is 0 Å². The first kappa shape index (κ1) is 15.8. The Morgan fingerprint density at radius 3 is 2.43 bits per heavy atom. The third-order valence-corrected chi connectivity index (χ3v) is 4.67. The van der Waals surface area contributed by atoms with Crippen LogP contribution < -0.4 is 4.72 Å². The van der Waals surface area contributed by atoms with E-state index in [1.165, 1.54) is 0 Å². The van der Waals surface area contributed by atoms with E-state index in [9.17, 15) is 22.3 Å². The van der Waals surface area contributed by atoms with E-state index >= 15 is 0 Å². The first-order valence-corrected chi connectivity index (χ1v) is 7.61. The Labute approximate surface area is 129 Å². The number of hydrogen-bond donors (Lipinski definition) is 2. The summed E-state index contributed by atoms with van der Waals surface area (Å²) >= 11 is 11.1. The van der Waals surface area contributed by atoms with Gasteiger partial charge in [-0.1, -0.05) is 23.2 Å². The van der Waals surface area contributed by atoms with E-state index in [2.05, 4.69) is 0 Å². The van der Waals surface area contributed by atoms with Crippen molar-refractivity contribution in [3.63, 3.8) is 0 Å². The van der Waals surface area contributed by atoms with E-state index in [1.807, 2.05) is 4.72 Å². The average molecular weight is 354 g/mol. The molecule has 0 saturated carbocycles. The van der Waals surface area contributed by atoms with Gasteiger partial charge in [0.25, 0.3) is 10.0 Å². The van der Waals surface area contributed by atoms with Crippen LogP contribution in [0.5, 0.6) is 5.75 Å². The average Bonchev–Trinajstić information content (AvgIpc) is 2.39. The van der Waals surface area contributed by atoms with Crippen molar-refractivity contribution >= 4 is 38.9 Å². The Bertz CT molecular complexity index is 812. The van der Waals surface area contributed by atoms with Crippen LogP contribution >= 0.6 is 23.2 Å². The second kappa shape index (κ2) is 5.67. The molecule has 0 heterocycles. The number of halogens is 4. The second-order valence-electron chi connectivity index (χ2n) is 3.94. The van der Waals surface area contributed by atoms with Crippen LogP contribution in [0, 0.1) is 11.6 Å². The highest BCUT2D eigenvalue weighted by Crippen LogP contribution is 2.32. The highest BCUT2D eigenvalue weighted by molar-refractivity contribution is 7.92. The Kier molecular flexibility index (Phi) is 4.27. The molecule has 21 heavy (non-hydrogen) atoms. The fourth-order valence-corrected chi connectivity index (χ4v) is 3.32. The summed E-state index contributed by atoms with van der Waals surface area (Å²) in [6, 6.07) is 4.70. The minimum atomic E-state index is -4.33.